The van der Waals surface area contributed by atoms with E-state index < -0.39 is 0 Å². The molecule has 2 aromatic rings. The smallest absolute Gasteiger partial charge is 0.188 e. The minimum atomic E-state index is 0.231. The zero-order valence-electron chi connectivity index (χ0n) is 14.4. The topological polar surface area (TPSA) is 75.3 Å². The van der Waals surface area contributed by atoms with E-state index >= 15 is 0 Å². The summed E-state index contributed by atoms with van der Waals surface area (Å²) in [7, 11) is 0. The molecule has 0 saturated heterocycles. The van der Waals surface area contributed by atoms with E-state index in [-0.39, 0.29) is 5.92 Å². The first-order valence-corrected chi connectivity index (χ1v) is 10.0. The van der Waals surface area contributed by atoms with Crippen molar-refractivity contribution in [3.8, 4) is 6.07 Å². The van der Waals surface area contributed by atoms with Crippen molar-refractivity contribution in [2.24, 2.45) is 0 Å². The van der Waals surface area contributed by atoms with Crippen LogP contribution < -0.4 is 0 Å². The molecule has 5 nitrogen and oxygen atoms in total. The van der Waals surface area contributed by atoms with Gasteiger partial charge in [-0.2, -0.15) is 5.26 Å². The van der Waals surface area contributed by atoms with Gasteiger partial charge in [0.15, 0.2) is 5.16 Å². The van der Waals surface area contributed by atoms with E-state index in [0.29, 0.717) is 16.8 Å². The van der Waals surface area contributed by atoms with E-state index in [1.165, 1.54) is 11.8 Å². The highest BCUT2D eigenvalue weighted by atomic mass is 32.2. The van der Waals surface area contributed by atoms with Crippen LogP contribution in [0.5, 0.6) is 0 Å². The van der Waals surface area contributed by atoms with Gasteiger partial charge in [0, 0.05) is 23.2 Å². The number of nitriles is 1. The van der Waals surface area contributed by atoms with Crippen molar-refractivity contribution in [2.75, 3.05) is 12.0 Å². The Morgan fingerprint density at radius 2 is 2.00 bits per heavy atom. The average molecular weight is 360 g/mol. The van der Waals surface area contributed by atoms with Crippen LogP contribution >= 0.6 is 23.5 Å². The lowest BCUT2D eigenvalue weighted by molar-refractivity contribution is 0.718. The minimum Gasteiger partial charge on any atom is -0.241 e. The molecule has 7 heteroatoms. The quantitative estimate of drug-likeness (QED) is 0.415. The number of aromatic nitrogens is 4. The fraction of sp³-hybridized carbons (Fsp3) is 0.471. The fourth-order valence-corrected chi connectivity index (χ4v) is 3.51. The van der Waals surface area contributed by atoms with Crippen LogP contribution in [0.2, 0.25) is 0 Å². The molecule has 0 unspecified atom stereocenters. The van der Waals surface area contributed by atoms with Gasteiger partial charge in [0.2, 0.25) is 0 Å². The normalized spacial score (nSPS) is 12.2. The average Bonchev–Trinajstić information content (AvgIpc) is 2.61. The Morgan fingerprint density at radius 3 is 2.67 bits per heavy atom. The van der Waals surface area contributed by atoms with Gasteiger partial charge in [0.05, 0.1) is 5.03 Å². The van der Waals surface area contributed by atoms with Crippen LogP contribution in [0.1, 0.15) is 56.0 Å². The van der Waals surface area contributed by atoms with E-state index in [2.05, 4.69) is 52.8 Å². The van der Waals surface area contributed by atoms with E-state index in [0.717, 1.165) is 28.5 Å². The molecule has 2 aromatic heterocycles. The first-order valence-electron chi connectivity index (χ1n) is 7.81. The van der Waals surface area contributed by atoms with Crippen molar-refractivity contribution < 1.29 is 0 Å². The van der Waals surface area contributed by atoms with Crippen molar-refractivity contribution in [3.63, 3.8) is 0 Å². The molecular formula is C17H21N5S2. The largest absolute Gasteiger partial charge is 0.241 e. The van der Waals surface area contributed by atoms with Crippen molar-refractivity contribution in [1.82, 2.24) is 19.9 Å². The Balaban J connectivity index is 1.97. The van der Waals surface area contributed by atoms with Crippen LogP contribution in [-0.2, 0) is 0 Å². The maximum absolute atomic E-state index is 9.30. The van der Waals surface area contributed by atoms with Crippen LogP contribution in [0.25, 0.3) is 0 Å². The standard InChI is InChI=1S/C17H21N5S2/c1-11(2)14-7-16(21-10-20-14)24-6-5-12(3)13-9-19-17(23-4)22-15(13)8-18/h7,9-12H,5-6H2,1-4H3/t12-/m0/s1. The first-order chi connectivity index (χ1) is 11.5. The minimum absolute atomic E-state index is 0.231. The lowest BCUT2D eigenvalue weighted by Crippen LogP contribution is -2.03. The van der Waals surface area contributed by atoms with Gasteiger partial charge in [0.25, 0.3) is 0 Å². The third kappa shape index (κ3) is 4.92. The second kappa shape index (κ2) is 9.00. The van der Waals surface area contributed by atoms with Gasteiger partial charge in [-0.15, -0.1) is 11.8 Å². The number of hydrogen-bond acceptors (Lipinski definition) is 7. The molecule has 0 radical (unpaired) electrons. The molecular weight excluding hydrogens is 338 g/mol. The maximum Gasteiger partial charge on any atom is 0.188 e. The molecule has 0 fully saturated rings. The summed E-state index contributed by atoms with van der Waals surface area (Å²) in [5.74, 6) is 1.55. The Hall–Kier alpha value is -1.65. The Bertz CT molecular complexity index is 727. The predicted octanol–water partition coefficient (Wildman–Crippen LogP) is 4.27. The Labute approximate surface area is 151 Å². The van der Waals surface area contributed by atoms with E-state index in [9.17, 15) is 5.26 Å². The Morgan fingerprint density at radius 1 is 1.21 bits per heavy atom. The molecule has 2 rings (SSSR count). The molecule has 0 aliphatic heterocycles. The summed E-state index contributed by atoms with van der Waals surface area (Å²) in [6.45, 7) is 6.36. The van der Waals surface area contributed by atoms with Crippen molar-refractivity contribution in [2.45, 2.75) is 49.2 Å². The van der Waals surface area contributed by atoms with Crippen LogP contribution in [0.4, 0.5) is 0 Å². The number of nitrogens with zero attached hydrogens (tertiary/aromatic N) is 5. The van der Waals surface area contributed by atoms with Gasteiger partial charge in [-0.3, -0.25) is 0 Å². The van der Waals surface area contributed by atoms with Gasteiger partial charge in [0.1, 0.15) is 18.1 Å². The maximum atomic E-state index is 9.30. The second-order valence-electron chi connectivity index (χ2n) is 5.75. The summed E-state index contributed by atoms with van der Waals surface area (Å²) in [5.41, 5.74) is 2.46. The lowest BCUT2D eigenvalue weighted by Gasteiger charge is -2.13. The van der Waals surface area contributed by atoms with Gasteiger partial charge >= 0.3 is 0 Å². The Kier molecular flexibility index (Phi) is 7.00. The fourth-order valence-electron chi connectivity index (χ4n) is 2.17. The van der Waals surface area contributed by atoms with Crippen LogP contribution in [0, 0.1) is 11.3 Å². The zero-order chi connectivity index (χ0) is 17.5. The number of hydrogen-bond donors (Lipinski definition) is 0. The van der Waals surface area contributed by atoms with Crippen molar-refractivity contribution >= 4 is 23.5 Å². The monoisotopic (exact) mass is 359 g/mol. The summed E-state index contributed by atoms with van der Waals surface area (Å²) in [6, 6.07) is 4.24. The van der Waals surface area contributed by atoms with E-state index in [1.54, 1.807) is 24.3 Å². The second-order valence-corrected chi connectivity index (χ2v) is 7.64. The van der Waals surface area contributed by atoms with Crippen molar-refractivity contribution in [3.05, 3.63) is 35.5 Å². The third-order valence-corrected chi connectivity index (χ3v) is 5.19. The molecule has 0 aliphatic carbocycles. The van der Waals surface area contributed by atoms with Crippen molar-refractivity contribution in [1.29, 1.82) is 5.26 Å². The van der Waals surface area contributed by atoms with Crippen LogP contribution in [0.15, 0.2) is 28.8 Å². The summed E-state index contributed by atoms with van der Waals surface area (Å²) in [5, 5.41) is 10.9. The lowest BCUT2D eigenvalue weighted by atomic mass is 9.99. The van der Waals surface area contributed by atoms with Gasteiger partial charge in [-0.05, 0) is 30.6 Å². The summed E-state index contributed by atoms with van der Waals surface area (Å²) >= 11 is 3.16. The molecule has 0 aliphatic rings. The highest BCUT2D eigenvalue weighted by Gasteiger charge is 2.14. The van der Waals surface area contributed by atoms with E-state index in [1.807, 2.05) is 6.26 Å². The summed E-state index contributed by atoms with van der Waals surface area (Å²) in [6.07, 6.45) is 6.25. The molecule has 24 heavy (non-hydrogen) atoms. The number of rotatable bonds is 7. The molecule has 0 N–H and O–H groups in total. The van der Waals surface area contributed by atoms with Crippen LogP contribution in [-0.4, -0.2) is 31.9 Å². The zero-order valence-corrected chi connectivity index (χ0v) is 16.0. The van der Waals surface area contributed by atoms with Gasteiger partial charge in [-0.1, -0.05) is 32.5 Å². The van der Waals surface area contributed by atoms with E-state index in [4.69, 9.17) is 0 Å². The van der Waals surface area contributed by atoms with Gasteiger partial charge in [-0.25, -0.2) is 19.9 Å². The SMILES string of the molecule is CSc1ncc([C@@H](C)CCSc2cc(C(C)C)ncn2)c(C#N)n1. The van der Waals surface area contributed by atoms with Gasteiger partial charge < -0.3 is 0 Å². The first kappa shape index (κ1) is 18.7. The highest BCUT2D eigenvalue weighted by molar-refractivity contribution is 7.99. The molecule has 2 heterocycles. The summed E-state index contributed by atoms with van der Waals surface area (Å²) in [4.78, 5) is 17.2. The molecule has 0 bridgehead atoms. The highest BCUT2D eigenvalue weighted by Crippen LogP contribution is 2.26. The number of thioether (sulfide) groups is 2. The van der Waals surface area contributed by atoms with Crippen LogP contribution in [0.3, 0.4) is 0 Å². The predicted molar refractivity (Wildman–Crippen MR) is 98.4 cm³/mol. The molecule has 1 atom stereocenters. The molecule has 126 valence electrons. The third-order valence-electron chi connectivity index (χ3n) is 3.67. The molecule has 0 spiro atoms. The molecule has 0 amide bonds. The summed E-state index contributed by atoms with van der Waals surface area (Å²) < 4.78 is 0. The molecule has 0 saturated carbocycles. The molecule has 0 aromatic carbocycles.